The van der Waals surface area contributed by atoms with Gasteiger partial charge in [0.25, 0.3) is 0 Å². The zero-order valence-electron chi connectivity index (χ0n) is 15.8. The number of nitrogens with zero attached hydrogens (tertiary/aromatic N) is 1. The fourth-order valence-electron chi connectivity index (χ4n) is 3.38. The Labute approximate surface area is 157 Å². The van der Waals surface area contributed by atoms with Crippen molar-refractivity contribution in [2.24, 2.45) is 0 Å². The van der Waals surface area contributed by atoms with Crippen LogP contribution in [0.2, 0.25) is 0 Å². The predicted molar refractivity (Wildman–Crippen MR) is 105 cm³/mol. The maximum Gasteiger partial charge on any atom is 0.234 e. The first-order valence-electron chi connectivity index (χ1n) is 8.62. The summed E-state index contributed by atoms with van der Waals surface area (Å²) >= 11 is 0. The van der Waals surface area contributed by atoms with Gasteiger partial charge in [0.15, 0.2) is 11.5 Å². The Bertz CT molecular complexity index is 1100. The minimum absolute atomic E-state index is 0.000106. The molecule has 2 aromatic carbocycles. The molecule has 0 saturated heterocycles. The highest BCUT2D eigenvalue weighted by Crippen LogP contribution is 2.40. The number of nitrogens with one attached hydrogen (secondary N) is 2. The van der Waals surface area contributed by atoms with E-state index in [1.807, 2.05) is 44.2 Å². The Kier molecular flexibility index (Phi) is 3.73. The number of carbonyl (C=O) groups is 1. The number of anilines is 1. The second kappa shape index (κ2) is 5.87. The third kappa shape index (κ3) is 2.56. The number of amides is 1. The standard InChI is InChI=1S/C21H21N3O3/c1-11(12-6-7-17(26-4)18(8-12)27-5)19-22-15-9-13-14(10-16(15)23-19)24-20(25)21(13,2)3/h6-10H,1H2,2-5H3,(H,22,23)(H,24,25). The lowest BCUT2D eigenvalue weighted by Crippen LogP contribution is -2.26. The molecule has 0 spiro atoms. The van der Waals surface area contributed by atoms with Crippen molar-refractivity contribution in [2.45, 2.75) is 19.3 Å². The topological polar surface area (TPSA) is 76.2 Å². The van der Waals surface area contributed by atoms with Crippen LogP contribution in [0.4, 0.5) is 5.69 Å². The van der Waals surface area contributed by atoms with Crippen LogP contribution in [0.5, 0.6) is 11.5 Å². The SMILES string of the molecule is C=C(c1ccc(OC)c(OC)c1)c1nc2cc3c(cc2[nH]1)C(C)(C)C(=O)N3. The van der Waals surface area contributed by atoms with Crippen molar-refractivity contribution >= 4 is 28.2 Å². The first kappa shape index (κ1) is 17.1. The average molecular weight is 363 g/mol. The van der Waals surface area contributed by atoms with E-state index in [0.29, 0.717) is 17.3 Å². The fraction of sp³-hybridized carbons (Fsp3) is 0.238. The van der Waals surface area contributed by atoms with E-state index in [2.05, 4.69) is 21.9 Å². The first-order chi connectivity index (χ1) is 12.8. The summed E-state index contributed by atoms with van der Waals surface area (Å²) in [5, 5.41) is 2.93. The molecule has 27 heavy (non-hydrogen) atoms. The molecule has 1 aliphatic heterocycles. The molecule has 6 heteroatoms. The second-order valence-electron chi connectivity index (χ2n) is 7.13. The largest absolute Gasteiger partial charge is 0.493 e. The number of imidazole rings is 1. The van der Waals surface area contributed by atoms with Crippen molar-refractivity contribution in [2.75, 3.05) is 19.5 Å². The Hall–Kier alpha value is -3.28. The van der Waals surface area contributed by atoms with Gasteiger partial charge in [-0.25, -0.2) is 4.98 Å². The molecule has 2 N–H and O–H groups in total. The van der Waals surface area contributed by atoms with Gasteiger partial charge in [0.05, 0.1) is 30.7 Å². The zero-order chi connectivity index (χ0) is 19.3. The lowest BCUT2D eigenvalue weighted by molar-refractivity contribution is -0.119. The van der Waals surface area contributed by atoms with E-state index < -0.39 is 5.41 Å². The van der Waals surface area contributed by atoms with Gasteiger partial charge < -0.3 is 19.8 Å². The minimum Gasteiger partial charge on any atom is -0.493 e. The molecule has 0 atom stereocenters. The number of carbonyl (C=O) groups excluding carboxylic acids is 1. The number of benzene rings is 2. The molecule has 0 aliphatic carbocycles. The number of rotatable bonds is 4. The molecule has 0 fully saturated rings. The summed E-state index contributed by atoms with van der Waals surface area (Å²) in [4.78, 5) is 20.1. The third-order valence-electron chi connectivity index (χ3n) is 5.13. The van der Waals surface area contributed by atoms with Gasteiger partial charge in [-0.1, -0.05) is 12.6 Å². The van der Waals surface area contributed by atoms with Gasteiger partial charge in [-0.05, 0) is 49.2 Å². The van der Waals surface area contributed by atoms with Gasteiger partial charge in [0, 0.05) is 11.3 Å². The molecule has 4 rings (SSSR count). The van der Waals surface area contributed by atoms with Crippen LogP contribution in [0.1, 0.15) is 30.8 Å². The molecule has 1 amide bonds. The average Bonchev–Trinajstić information content (AvgIpc) is 3.17. The summed E-state index contributed by atoms with van der Waals surface area (Å²) in [5.74, 6) is 1.97. The van der Waals surface area contributed by atoms with Crippen molar-refractivity contribution in [3.63, 3.8) is 0 Å². The molecule has 2 heterocycles. The maximum absolute atomic E-state index is 12.1. The van der Waals surface area contributed by atoms with Crippen molar-refractivity contribution < 1.29 is 14.3 Å². The van der Waals surface area contributed by atoms with E-state index in [4.69, 9.17) is 9.47 Å². The first-order valence-corrected chi connectivity index (χ1v) is 8.62. The van der Waals surface area contributed by atoms with E-state index in [1.54, 1.807) is 14.2 Å². The molecule has 3 aromatic rings. The highest BCUT2D eigenvalue weighted by molar-refractivity contribution is 6.07. The van der Waals surface area contributed by atoms with Crippen LogP contribution in [0.25, 0.3) is 16.6 Å². The van der Waals surface area contributed by atoms with E-state index in [9.17, 15) is 4.79 Å². The van der Waals surface area contributed by atoms with Crippen molar-refractivity contribution in [3.05, 3.63) is 53.9 Å². The van der Waals surface area contributed by atoms with Crippen molar-refractivity contribution in [1.29, 1.82) is 0 Å². The van der Waals surface area contributed by atoms with E-state index >= 15 is 0 Å². The second-order valence-corrected chi connectivity index (χ2v) is 7.13. The van der Waals surface area contributed by atoms with Crippen molar-refractivity contribution in [3.8, 4) is 11.5 Å². The quantitative estimate of drug-likeness (QED) is 0.738. The molecule has 0 unspecified atom stereocenters. The number of hydrogen-bond donors (Lipinski definition) is 2. The Morgan fingerprint density at radius 1 is 1.11 bits per heavy atom. The van der Waals surface area contributed by atoms with Gasteiger partial charge in [-0.3, -0.25) is 4.79 Å². The fourth-order valence-corrected chi connectivity index (χ4v) is 3.38. The molecule has 138 valence electrons. The minimum atomic E-state index is -0.560. The molecular weight excluding hydrogens is 342 g/mol. The molecule has 0 saturated carbocycles. The Morgan fingerprint density at radius 2 is 1.85 bits per heavy atom. The summed E-state index contributed by atoms with van der Waals surface area (Å²) in [5.41, 5.74) is 4.50. The Balaban J connectivity index is 1.75. The number of ether oxygens (including phenoxy) is 2. The third-order valence-corrected chi connectivity index (χ3v) is 5.13. The molecule has 1 aromatic heterocycles. The number of fused-ring (bicyclic) bond motifs is 2. The van der Waals surface area contributed by atoms with Gasteiger partial charge >= 0.3 is 0 Å². The zero-order valence-corrected chi connectivity index (χ0v) is 15.8. The van der Waals surface area contributed by atoms with E-state index in [-0.39, 0.29) is 5.91 Å². The van der Waals surface area contributed by atoms with E-state index in [1.165, 1.54) is 0 Å². The van der Waals surface area contributed by atoms with Crippen LogP contribution in [0.3, 0.4) is 0 Å². The molecular formula is C21H21N3O3. The number of aromatic nitrogens is 2. The lowest BCUT2D eigenvalue weighted by atomic mass is 9.86. The molecule has 0 bridgehead atoms. The number of hydrogen-bond acceptors (Lipinski definition) is 4. The smallest absolute Gasteiger partial charge is 0.234 e. The molecule has 6 nitrogen and oxygen atoms in total. The van der Waals surface area contributed by atoms with Crippen LogP contribution in [0, 0.1) is 0 Å². The number of aromatic amines is 1. The summed E-state index contributed by atoms with van der Waals surface area (Å²) in [6.07, 6.45) is 0. The van der Waals surface area contributed by atoms with Crippen LogP contribution >= 0.6 is 0 Å². The van der Waals surface area contributed by atoms with Crippen LogP contribution in [-0.4, -0.2) is 30.1 Å². The van der Waals surface area contributed by atoms with Gasteiger partial charge in [-0.2, -0.15) is 0 Å². The van der Waals surface area contributed by atoms with Crippen LogP contribution < -0.4 is 14.8 Å². The number of methoxy groups -OCH3 is 2. The molecule has 0 radical (unpaired) electrons. The van der Waals surface area contributed by atoms with Gasteiger partial charge in [0.2, 0.25) is 5.91 Å². The monoisotopic (exact) mass is 363 g/mol. The lowest BCUT2D eigenvalue weighted by Gasteiger charge is -2.14. The highest BCUT2D eigenvalue weighted by Gasteiger charge is 2.38. The predicted octanol–water partition coefficient (Wildman–Crippen LogP) is 3.87. The van der Waals surface area contributed by atoms with Gasteiger partial charge in [0.1, 0.15) is 5.82 Å². The van der Waals surface area contributed by atoms with E-state index in [0.717, 1.165) is 33.4 Å². The highest BCUT2D eigenvalue weighted by atomic mass is 16.5. The van der Waals surface area contributed by atoms with Crippen molar-refractivity contribution in [1.82, 2.24) is 9.97 Å². The summed E-state index contributed by atoms with van der Waals surface area (Å²) in [6.45, 7) is 8.01. The summed E-state index contributed by atoms with van der Waals surface area (Å²) in [6, 6.07) is 9.52. The summed E-state index contributed by atoms with van der Waals surface area (Å²) < 4.78 is 10.7. The summed E-state index contributed by atoms with van der Waals surface area (Å²) in [7, 11) is 3.20. The normalized spacial score (nSPS) is 14.7. The maximum atomic E-state index is 12.1. The molecule has 1 aliphatic rings. The van der Waals surface area contributed by atoms with Crippen LogP contribution in [0.15, 0.2) is 36.9 Å². The van der Waals surface area contributed by atoms with Crippen LogP contribution in [-0.2, 0) is 10.2 Å². The number of H-pyrrole nitrogens is 1. The van der Waals surface area contributed by atoms with Gasteiger partial charge in [-0.15, -0.1) is 0 Å². The Morgan fingerprint density at radius 3 is 2.56 bits per heavy atom.